The summed E-state index contributed by atoms with van der Waals surface area (Å²) in [6.07, 6.45) is 5.22. The van der Waals surface area contributed by atoms with E-state index < -0.39 is 17.4 Å². The van der Waals surface area contributed by atoms with E-state index in [9.17, 15) is 24.0 Å². The number of benzene rings is 1. The molecule has 2 amide bonds. The van der Waals surface area contributed by atoms with Crippen LogP contribution < -0.4 is 10.6 Å². The summed E-state index contributed by atoms with van der Waals surface area (Å²) in [7, 11) is 1.62. The van der Waals surface area contributed by atoms with Gasteiger partial charge in [0.05, 0.1) is 57.7 Å². The van der Waals surface area contributed by atoms with Crippen molar-refractivity contribution in [3.05, 3.63) is 29.8 Å². The van der Waals surface area contributed by atoms with Gasteiger partial charge in [0.2, 0.25) is 11.8 Å². The minimum absolute atomic E-state index is 0.0153. The van der Waals surface area contributed by atoms with Crippen LogP contribution in [0.3, 0.4) is 0 Å². The fraction of sp³-hybridized carbons (Fsp3) is 0.744. The van der Waals surface area contributed by atoms with E-state index in [0.29, 0.717) is 90.5 Å². The molecule has 0 spiro atoms. The zero-order chi connectivity index (χ0) is 41.3. The van der Waals surface area contributed by atoms with E-state index >= 15 is 0 Å². The number of anilines is 1. The highest BCUT2D eigenvalue weighted by Gasteiger charge is 2.30. The molecule has 0 radical (unpaired) electrons. The normalized spacial score (nSPS) is 13.0. The maximum absolute atomic E-state index is 13.7. The highest BCUT2D eigenvalue weighted by Crippen LogP contribution is 2.23. The van der Waals surface area contributed by atoms with E-state index in [4.69, 9.17) is 23.7 Å². The van der Waals surface area contributed by atoms with Crippen LogP contribution in [0, 0.1) is 22.7 Å². The summed E-state index contributed by atoms with van der Waals surface area (Å²) in [6.45, 7) is 18.9. The number of rotatable bonds is 30. The first-order valence-corrected chi connectivity index (χ1v) is 20.1. The summed E-state index contributed by atoms with van der Waals surface area (Å²) < 4.78 is 26.6. The number of esters is 1. The van der Waals surface area contributed by atoms with Crippen LogP contribution in [0.2, 0.25) is 0 Å². The molecule has 1 aromatic carbocycles. The number of unbranched alkanes of at least 4 members (excludes halogenated alkanes) is 2. The summed E-state index contributed by atoms with van der Waals surface area (Å²) in [5.41, 5.74) is 0.857. The van der Waals surface area contributed by atoms with Gasteiger partial charge in [-0.3, -0.25) is 24.0 Å². The van der Waals surface area contributed by atoms with Crippen molar-refractivity contribution >= 4 is 35.0 Å². The van der Waals surface area contributed by atoms with Gasteiger partial charge >= 0.3 is 5.97 Å². The SMILES string of the molecule is COCCOCCOCCOCCC(=O)CCCCC[C@H](CC(=O)[C@@H](NC(=O)CCCC(C)(C)C)C(C)C)C(=O)Nc1ccc(COC(=O)C(C)(C)C)cc1. The van der Waals surface area contributed by atoms with E-state index in [2.05, 4.69) is 31.4 Å². The summed E-state index contributed by atoms with van der Waals surface area (Å²) in [5, 5.41) is 5.90. The molecule has 55 heavy (non-hydrogen) atoms. The maximum Gasteiger partial charge on any atom is 0.311 e. The number of ketones is 2. The van der Waals surface area contributed by atoms with Crippen molar-refractivity contribution in [1.82, 2.24) is 5.32 Å². The van der Waals surface area contributed by atoms with Gasteiger partial charge in [-0.05, 0) is 75.5 Å². The zero-order valence-electron chi connectivity index (χ0n) is 35.4. The van der Waals surface area contributed by atoms with Crippen molar-refractivity contribution < 1.29 is 47.7 Å². The van der Waals surface area contributed by atoms with Gasteiger partial charge in [0.15, 0.2) is 5.78 Å². The minimum atomic E-state index is -0.695. The Kier molecular flexibility index (Phi) is 24.8. The molecule has 0 saturated heterocycles. The third kappa shape index (κ3) is 24.8. The van der Waals surface area contributed by atoms with Crippen LogP contribution in [0.5, 0.6) is 0 Å². The summed E-state index contributed by atoms with van der Waals surface area (Å²) >= 11 is 0. The number of carbonyl (C=O) groups is 5. The van der Waals surface area contributed by atoms with Crippen LogP contribution in [0.4, 0.5) is 5.69 Å². The first-order chi connectivity index (χ1) is 25.9. The van der Waals surface area contributed by atoms with Crippen LogP contribution in [0.25, 0.3) is 0 Å². The highest BCUT2D eigenvalue weighted by molar-refractivity contribution is 5.97. The molecule has 0 heterocycles. The summed E-state index contributed by atoms with van der Waals surface area (Å²) in [6, 6.07) is 6.37. The number of carbonyl (C=O) groups excluding carboxylic acids is 5. The molecule has 0 aliphatic heterocycles. The van der Waals surface area contributed by atoms with E-state index in [1.807, 2.05) is 13.8 Å². The lowest BCUT2D eigenvalue weighted by Crippen LogP contribution is -2.45. The van der Waals surface area contributed by atoms with Crippen LogP contribution in [-0.4, -0.2) is 88.7 Å². The fourth-order valence-electron chi connectivity index (χ4n) is 5.52. The molecule has 1 aromatic rings. The predicted octanol–water partition coefficient (Wildman–Crippen LogP) is 7.25. The largest absolute Gasteiger partial charge is 0.460 e. The molecule has 0 unspecified atom stereocenters. The third-order valence-electron chi connectivity index (χ3n) is 8.89. The van der Waals surface area contributed by atoms with E-state index in [-0.39, 0.29) is 53.7 Å². The number of ether oxygens (including phenoxy) is 5. The van der Waals surface area contributed by atoms with Crippen molar-refractivity contribution in [3.8, 4) is 0 Å². The number of nitrogens with one attached hydrogen (secondary N) is 2. The average Bonchev–Trinajstić information content (AvgIpc) is 3.10. The Morgan fingerprint density at radius 1 is 0.709 bits per heavy atom. The zero-order valence-corrected chi connectivity index (χ0v) is 35.4. The Balaban J connectivity index is 2.72. The molecule has 0 aliphatic carbocycles. The lowest BCUT2D eigenvalue weighted by atomic mass is 9.88. The Morgan fingerprint density at radius 2 is 1.31 bits per heavy atom. The van der Waals surface area contributed by atoms with Gasteiger partial charge in [-0.25, -0.2) is 0 Å². The Bertz CT molecular complexity index is 1270. The van der Waals surface area contributed by atoms with Crippen molar-refractivity contribution in [2.45, 2.75) is 132 Å². The van der Waals surface area contributed by atoms with E-state index in [1.165, 1.54) is 0 Å². The molecule has 12 heteroatoms. The van der Waals surface area contributed by atoms with E-state index in [0.717, 1.165) is 24.8 Å². The van der Waals surface area contributed by atoms with Crippen molar-refractivity contribution in [1.29, 1.82) is 0 Å². The van der Waals surface area contributed by atoms with Gasteiger partial charge in [-0.1, -0.05) is 59.6 Å². The Morgan fingerprint density at radius 3 is 1.87 bits per heavy atom. The second kappa shape index (κ2) is 27.4. The van der Waals surface area contributed by atoms with Crippen molar-refractivity contribution in [2.24, 2.45) is 22.7 Å². The molecule has 0 aliphatic rings. The first-order valence-electron chi connectivity index (χ1n) is 20.1. The van der Waals surface area contributed by atoms with Gasteiger partial charge < -0.3 is 34.3 Å². The molecule has 12 nitrogen and oxygen atoms in total. The second-order valence-electron chi connectivity index (χ2n) is 16.8. The monoisotopic (exact) mass is 777 g/mol. The maximum atomic E-state index is 13.7. The molecule has 0 saturated carbocycles. The second-order valence-corrected chi connectivity index (χ2v) is 16.8. The average molecular weight is 777 g/mol. The van der Waals surface area contributed by atoms with Crippen LogP contribution in [0.1, 0.15) is 125 Å². The molecule has 0 fully saturated rings. The standard InChI is InChI=1S/C43H72N2O10/c1-32(2)39(45-38(48)16-13-22-42(3,4)5)37(47)30-34(40(49)44-35-19-17-33(18-20-35)31-55-41(50)43(6,7)8)14-11-10-12-15-36(46)21-23-52-26-27-54-29-28-53-25-24-51-9/h17-20,32,34,39H,10-16,21-31H2,1-9H3,(H,44,49)(H,45,48)/t34-,39+/m1/s1. The number of Topliss-reactive ketones (excluding diaryl/α,β-unsaturated/α-hetero) is 2. The smallest absolute Gasteiger partial charge is 0.311 e. The topological polar surface area (TPSA) is 156 Å². The third-order valence-corrected chi connectivity index (χ3v) is 8.89. The lowest BCUT2D eigenvalue weighted by Gasteiger charge is -2.24. The van der Waals surface area contributed by atoms with Crippen LogP contribution >= 0.6 is 0 Å². The van der Waals surface area contributed by atoms with Gasteiger partial charge in [0, 0.05) is 44.4 Å². The molecule has 1 rings (SSSR count). The number of methoxy groups -OCH3 is 1. The quantitative estimate of drug-likeness (QED) is 0.0603. The fourth-order valence-corrected chi connectivity index (χ4v) is 5.52. The predicted molar refractivity (Wildman–Crippen MR) is 215 cm³/mol. The van der Waals surface area contributed by atoms with Crippen LogP contribution in [-0.2, 0) is 54.3 Å². The molecular formula is C43H72N2O10. The van der Waals surface area contributed by atoms with Crippen molar-refractivity contribution in [2.75, 3.05) is 58.7 Å². The lowest BCUT2D eigenvalue weighted by molar-refractivity contribution is -0.154. The number of amides is 2. The minimum Gasteiger partial charge on any atom is -0.460 e. The van der Waals surface area contributed by atoms with Gasteiger partial charge in [-0.15, -0.1) is 0 Å². The first kappa shape index (κ1) is 49.8. The van der Waals surface area contributed by atoms with E-state index in [1.54, 1.807) is 52.1 Å². The van der Waals surface area contributed by atoms with Gasteiger partial charge in [0.25, 0.3) is 0 Å². The molecule has 2 atom stereocenters. The van der Waals surface area contributed by atoms with Gasteiger partial charge in [0.1, 0.15) is 12.4 Å². The number of hydrogen-bond donors (Lipinski definition) is 2. The molecular weight excluding hydrogens is 704 g/mol. The van der Waals surface area contributed by atoms with Crippen LogP contribution in [0.15, 0.2) is 24.3 Å². The summed E-state index contributed by atoms with van der Waals surface area (Å²) in [5.74, 6) is -1.56. The molecule has 0 bridgehead atoms. The molecule has 314 valence electrons. The van der Waals surface area contributed by atoms with Gasteiger partial charge in [-0.2, -0.15) is 0 Å². The molecule has 2 N–H and O–H groups in total. The Labute approximate surface area is 330 Å². The number of hydrogen-bond acceptors (Lipinski definition) is 10. The highest BCUT2D eigenvalue weighted by atomic mass is 16.6. The summed E-state index contributed by atoms with van der Waals surface area (Å²) in [4.78, 5) is 64.8. The Hall–Kier alpha value is -3.19. The van der Waals surface area contributed by atoms with Crippen molar-refractivity contribution in [3.63, 3.8) is 0 Å². The molecule has 0 aromatic heterocycles.